The molecule has 0 N–H and O–H groups in total. The van der Waals surface area contributed by atoms with Crippen LogP contribution in [-0.4, -0.2) is 24.4 Å². The zero-order chi connectivity index (χ0) is 16.4. The minimum atomic E-state index is 0.670. The first-order valence-corrected chi connectivity index (χ1v) is 7.24. The van der Waals surface area contributed by atoms with E-state index < -0.39 is 0 Å². The van der Waals surface area contributed by atoms with Gasteiger partial charge in [-0.05, 0) is 49.2 Å². The minimum Gasteiger partial charge on any atom is -0.496 e. The molecule has 0 aliphatic carbocycles. The van der Waals surface area contributed by atoms with Crippen molar-refractivity contribution in [2.45, 2.75) is 13.8 Å². The Morgan fingerprint density at radius 3 is 2.48 bits per heavy atom. The zero-order valence-electron chi connectivity index (χ0n) is 13.6. The number of hydrogen-bond donors (Lipinski definition) is 0. The second-order valence-corrected chi connectivity index (χ2v) is 5.27. The van der Waals surface area contributed by atoms with Crippen LogP contribution < -0.4 is 9.47 Å². The Kier molecular flexibility index (Phi) is 4.02. The number of methoxy groups -OCH3 is 2. The van der Waals surface area contributed by atoms with Gasteiger partial charge in [0.25, 0.3) is 0 Å². The summed E-state index contributed by atoms with van der Waals surface area (Å²) in [5.41, 5.74) is 4.76. The van der Waals surface area contributed by atoms with E-state index in [0.717, 1.165) is 33.7 Å². The van der Waals surface area contributed by atoms with E-state index in [4.69, 9.17) is 14.0 Å². The standard InChI is InChI=1S/C18H18N2O3/c1-11-7-13(8-17(22-4)12(11)2)18-15(10-20-23-18)16-6-5-14(21-3)9-19-16/h5-10H,1-4H3. The summed E-state index contributed by atoms with van der Waals surface area (Å²) in [6, 6.07) is 7.76. The highest BCUT2D eigenvalue weighted by molar-refractivity contribution is 5.78. The van der Waals surface area contributed by atoms with Crippen molar-refractivity contribution < 1.29 is 14.0 Å². The van der Waals surface area contributed by atoms with Gasteiger partial charge < -0.3 is 14.0 Å². The van der Waals surface area contributed by atoms with Crippen LogP contribution in [0, 0.1) is 13.8 Å². The van der Waals surface area contributed by atoms with Gasteiger partial charge in [0.2, 0.25) is 0 Å². The van der Waals surface area contributed by atoms with E-state index in [0.29, 0.717) is 11.5 Å². The molecule has 0 fully saturated rings. The van der Waals surface area contributed by atoms with Crippen molar-refractivity contribution in [1.29, 1.82) is 0 Å². The summed E-state index contributed by atoms with van der Waals surface area (Å²) < 4.78 is 16.1. The highest BCUT2D eigenvalue weighted by atomic mass is 16.5. The third-order valence-electron chi connectivity index (χ3n) is 3.92. The van der Waals surface area contributed by atoms with Gasteiger partial charge in [0.15, 0.2) is 5.76 Å². The maximum atomic E-state index is 5.48. The predicted octanol–water partition coefficient (Wildman–Crippen LogP) is 4.04. The molecule has 23 heavy (non-hydrogen) atoms. The molecule has 3 rings (SSSR count). The quantitative estimate of drug-likeness (QED) is 0.728. The van der Waals surface area contributed by atoms with Crippen LogP contribution in [0.25, 0.3) is 22.6 Å². The van der Waals surface area contributed by atoms with Crippen molar-refractivity contribution in [3.8, 4) is 34.1 Å². The number of hydrogen-bond acceptors (Lipinski definition) is 5. The van der Waals surface area contributed by atoms with E-state index >= 15 is 0 Å². The van der Waals surface area contributed by atoms with Crippen LogP contribution in [0.5, 0.6) is 11.5 Å². The van der Waals surface area contributed by atoms with Gasteiger partial charge in [0.05, 0.1) is 37.9 Å². The fourth-order valence-electron chi connectivity index (χ4n) is 2.46. The third kappa shape index (κ3) is 2.77. The molecule has 0 unspecified atom stereocenters. The summed E-state index contributed by atoms with van der Waals surface area (Å²) in [6.07, 6.45) is 3.35. The van der Waals surface area contributed by atoms with Crippen LogP contribution in [0.4, 0.5) is 0 Å². The van der Waals surface area contributed by atoms with Crippen LogP contribution in [0.2, 0.25) is 0 Å². The molecule has 0 aliphatic heterocycles. The summed E-state index contributed by atoms with van der Waals surface area (Å²) in [4.78, 5) is 4.40. The number of pyridine rings is 1. The van der Waals surface area contributed by atoms with Gasteiger partial charge in [-0.2, -0.15) is 0 Å². The first-order valence-electron chi connectivity index (χ1n) is 7.24. The summed E-state index contributed by atoms with van der Waals surface area (Å²) in [7, 11) is 3.28. The normalized spacial score (nSPS) is 10.6. The number of aryl methyl sites for hydroxylation is 1. The van der Waals surface area contributed by atoms with Crippen LogP contribution in [0.15, 0.2) is 41.2 Å². The number of nitrogens with zero attached hydrogens (tertiary/aromatic N) is 2. The molecule has 0 aliphatic rings. The zero-order valence-corrected chi connectivity index (χ0v) is 13.6. The predicted molar refractivity (Wildman–Crippen MR) is 87.7 cm³/mol. The van der Waals surface area contributed by atoms with E-state index in [1.54, 1.807) is 26.6 Å². The maximum Gasteiger partial charge on any atom is 0.176 e. The van der Waals surface area contributed by atoms with Gasteiger partial charge in [-0.3, -0.25) is 4.98 Å². The first-order chi connectivity index (χ1) is 11.1. The summed E-state index contributed by atoms with van der Waals surface area (Å²) >= 11 is 0. The Balaban J connectivity index is 2.09. The molecule has 1 aromatic carbocycles. The minimum absolute atomic E-state index is 0.670. The summed E-state index contributed by atoms with van der Waals surface area (Å²) in [5, 5.41) is 3.94. The van der Waals surface area contributed by atoms with E-state index in [1.807, 2.05) is 32.0 Å². The van der Waals surface area contributed by atoms with Crippen molar-refractivity contribution in [1.82, 2.24) is 10.1 Å². The van der Waals surface area contributed by atoms with Gasteiger partial charge in [-0.1, -0.05) is 5.16 Å². The third-order valence-corrected chi connectivity index (χ3v) is 3.92. The molecule has 0 saturated heterocycles. The fraction of sp³-hybridized carbons (Fsp3) is 0.222. The Bertz CT molecular complexity index is 823. The topological polar surface area (TPSA) is 57.4 Å². The number of aromatic nitrogens is 2. The van der Waals surface area contributed by atoms with Crippen molar-refractivity contribution in [2.75, 3.05) is 14.2 Å². The van der Waals surface area contributed by atoms with E-state index in [-0.39, 0.29) is 0 Å². The molecule has 0 bridgehead atoms. The Morgan fingerprint density at radius 1 is 1.00 bits per heavy atom. The van der Waals surface area contributed by atoms with Crippen LogP contribution in [0.3, 0.4) is 0 Å². The van der Waals surface area contributed by atoms with Crippen LogP contribution >= 0.6 is 0 Å². The Hall–Kier alpha value is -2.82. The molecule has 0 atom stereocenters. The van der Waals surface area contributed by atoms with Crippen molar-refractivity contribution in [3.05, 3.63) is 47.8 Å². The summed E-state index contributed by atoms with van der Waals surface area (Å²) in [5.74, 6) is 2.20. The monoisotopic (exact) mass is 310 g/mol. The molecule has 3 aromatic rings. The van der Waals surface area contributed by atoms with Gasteiger partial charge >= 0.3 is 0 Å². The smallest absolute Gasteiger partial charge is 0.176 e. The molecule has 5 heteroatoms. The Labute approximate surface area is 134 Å². The second kappa shape index (κ2) is 6.12. The van der Waals surface area contributed by atoms with Crippen LogP contribution in [-0.2, 0) is 0 Å². The lowest BCUT2D eigenvalue weighted by atomic mass is 10.0. The van der Waals surface area contributed by atoms with E-state index in [9.17, 15) is 0 Å². The van der Waals surface area contributed by atoms with Gasteiger partial charge in [-0.25, -0.2) is 0 Å². The molecule has 0 spiro atoms. The fourth-order valence-corrected chi connectivity index (χ4v) is 2.46. The maximum absolute atomic E-state index is 5.48. The number of rotatable bonds is 4. The SMILES string of the molecule is COc1ccc(-c2cnoc2-c2cc(C)c(C)c(OC)c2)nc1. The molecule has 0 amide bonds. The van der Waals surface area contributed by atoms with Crippen LogP contribution in [0.1, 0.15) is 11.1 Å². The molecular formula is C18H18N2O3. The highest BCUT2D eigenvalue weighted by Gasteiger charge is 2.16. The molecule has 0 saturated carbocycles. The second-order valence-electron chi connectivity index (χ2n) is 5.27. The van der Waals surface area contributed by atoms with E-state index in [2.05, 4.69) is 16.2 Å². The van der Waals surface area contributed by atoms with Gasteiger partial charge in [0, 0.05) is 5.56 Å². The molecule has 118 valence electrons. The van der Waals surface area contributed by atoms with Gasteiger partial charge in [-0.15, -0.1) is 0 Å². The first kappa shape index (κ1) is 15.1. The molecule has 5 nitrogen and oxygen atoms in total. The lowest BCUT2D eigenvalue weighted by Gasteiger charge is -2.10. The van der Waals surface area contributed by atoms with E-state index in [1.165, 1.54) is 0 Å². The average Bonchev–Trinajstić information content (AvgIpc) is 3.07. The highest BCUT2D eigenvalue weighted by Crippen LogP contribution is 2.35. The number of ether oxygens (including phenoxy) is 2. The molecular weight excluding hydrogens is 292 g/mol. The van der Waals surface area contributed by atoms with Crippen molar-refractivity contribution >= 4 is 0 Å². The molecule has 2 heterocycles. The lowest BCUT2D eigenvalue weighted by molar-refractivity contribution is 0.410. The lowest BCUT2D eigenvalue weighted by Crippen LogP contribution is -1.92. The van der Waals surface area contributed by atoms with Crippen molar-refractivity contribution in [3.63, 3.8) is 0 Å². The largest absolute Gasteiger partial charge is 0.496 e. The average molecular weight is 310 g/mol. The molecule has 0 radical (unpaired) electrons. The number of benzene rings is 1. The van der Waals surface area contributed by atoms with Gasteiger partial charge in [0.1, 0.15) is 11.5 Å². The van der Waals surface area contributed by atoms with Crippen molar-refractivity contribution in [2.24, 2.45) is 0 Å². The Morgan fingerprint density at radius 2 is 1.83 bits per heavy atom. The molecule has 2 aromatic heterocycles. The summed E-state index contributed by atoms with van der Waals surface area (Å²) in [6.45, 7) is 4.08.